The second kappa shape index (κ2) is 4.59. The number of halogens is 1. The van der Waals surface area contributed by atoms with E-state index in [0.717, 1.165) is 39.3 Å². The van der Waals surface area contributed by atoms with Crippen molar-refractivity contribution in [3.8, 4) is 11.3 Å². The summed E-state index contributed by atoms with van der Waals surface area (Å²) in [6, 6.07) is 2.09. The SMILES string of the molecule is CCCc1c(-c2csc(Br)c2)nn(C)c1N. The first-order chi connectivity index (χ1) is 7.63. The van der Waals surface area contributed by atoms with Crippen LogP contribution in [-0.2, 0) is 13.5 Å². The molecule has 0 atom stereocenters. The zero-order chi connectivity index (χ0) is 11.7. The van der Waals surface area contributed by atoms with Crippen LogP contribution in [0, 0.1) is 0 Å². The molecule has 0 unspecified atom stereocenters. The minimum atomic E-state index is 0.777. The van der Waals surface area contributed by atoms with Gasteiger partial charge >= 0.3 is 0 Å². The molecule has 3 nitrogen and oxygen atoms in total. The Balaban J connectivity index is 2.51. The van der Waals surface area contributed by atoms with Gasteiger partial charge in [0.2, 0.25) is 0 Å². The second-order valence-corrected chi connectivity index (χ2v) is 6.02. The van der Waals surface area contributed by atoms with Crippen LogP contribution in [0.15, 0.2) is 15.2 Å². The minimum absolute atomic E-state index is 0.777. The molecule has 0 radical (unpaired) electrons. The molecule has 0 aromatic carbocycles. The Hall–Kier alpha value is -0.810. The second-order valence-electron chi connectivity index (χ2n) is 3.73. The van der Waals surface area contributed by atoms with Crippen molar-refractivity contribution in [3.63, 3.8) is 0 Å². The summed E-state index contributed by atoms with van der Waals surface area (Å²) in [5.41, 5.74) is 9.35. The van der Waals surface area contributed by atoms with Gasteiger partial charge in [-0.05, 0) is 28.4 Å². The molecule has 2 heterocycles. The molecule has 0 aliphatic rings. The van der Waals surface area contributed by atoms with Crippen LogP contribution in [0.1, 0.15) is 18.9 Å². The number of aryl methyl sites for hydroxylation is 1. The molecule has 2 aromatic heterocycles. The summed E-state index contributed by atoms with van der Waals surface area (Å²) in [7, 11) is 1.89. The van der Waals surface area contributed by atoms with E-state index in [9.17, 15) is 0 Å². The molecule has 2 N–H and O–H groups in total. The topological polar surface area (TPSA) is 43.8 Å². The van der Waals surface area contributed by atoms with Crippen molar-refractivity contribution in [2.45, 2.75) is 19.8 Å². The third-order valence-electron chi connectivity index (χ3n) is 2.53. The van der Waals surface area contributed by atoms with Crippen molar-refractivity contribution >= 4 is 33.1 Å². The highest BCUT2D eigenvalue weighted by molar-refractivity contribution is 9.11. The molecule has 0 aliphatic carbocycles. The summed E-state index contributed by atoms with van der Waals surface area (Å²) in [5, 5.41) is 6.59. The van der Waals surface area contributed by atoms with E-state index in [0.29, 0.717) is 0 Å². The Bertz CT molecular complexity index is 501. The maximum Gasteiger partial charge on any atom is 0.125 e. The Labute approximate surface area is 107 Å². The highest BCUT2D eigenvalue weighted by atomic mass is 79.9. The highest BCUT2D eigenvalue weighted by Crippen LogP contribution is 2.33. The molecular weight excluding hydrogens is 286 g/mol. The predicted octanol–water partition coefficient (Wildman–Crippen LogP) is 3.45. The molecule has 2 rings (SSSR count). The molecular formula is C11H14BrN3S. The summed E-state index contributed by atoms with van der Waals surface area (Å²) in [4.78, 5) is 0. The number of anilines is 1. The number of thiophene rings is 1. The van der Waals surface area contributed by atoms with Crippen LogP contribution in [0.5, 0.6) is 0 Å². The average Bonchev–Trinajstić information content (AvgIpc) is 2.78. The third-order valence-corrected chi connectivity index (χ3v) is 4.04. The first-order valence-corrected chi connectivity index (χ1v) is 6.86. The number of hydrogen-bond donors (Lipinski definition) is 1. The van der Waals surface area contributed by atoms with Crippen LogP contribution in [0.25, 0.3) is 11.3 Å². The van der Waals surface area contributed by atoms with Gasteiger partial charge < -0.3 is 5.73 Å². The van der Waals surface area contributed by atoms with Crippen LogP contribution >= 0.6 is 27.3 Å². The van der Waals surface area contributed by atoms with E-state index in [2.05, 4.69) is 39.4 Å². The molecule has 0 aliphatic heterocycles. The fraction of sp³-hybridized carbons (Fsp3) is 0.364. The van der Waals surface area contributed by atoms with E-state index >= 15 is 0 Å². The lowest BCUT2D eigenvalue weighted by molar-refractivity contribution is 0.781. The molecule has 16 heavy (non-hydrogen) atoms. The monoisotopic (exact) mass is 299 g/mol. The number of rotatable bonds is 3. The van der Waals surface area contributed by atoms with Gasteiger partial charge in [-0.1, -0.05) is 13.3 Å². The predicted molar refractivity (Wildman–Crippen MR) is 72.6 cm³/mol. The summed E-state index contributed by atoms with van der Waals surface area (Å²) >= 11 is 5.14. The van der Waals surface area contributed by atoms with Crippen molar-refractivity contribution in [2.75, 3.05) is 5.73 Å². The summed E-state index contributed by atoms with van der Waals surface area (Å²) in [5.74, 6) is 0.777. The van der Waals surface area contributed by atoms with Crippen LogP contribution in [0.3, 0.4) is 0 Å². The molecule has 0 spiro atoms. The molecule has 5 heteroatoms. The molecule has 0 fully saturated rings. The maximum atomic E-state index is 6.03. The Kier molecular flexibility index (Phi) is 3.35. The highest BCUT2D eigenvalue weighted by Gasteiger charge is 2.15. The number of aromatic nitrogens is 2. The number of nitrogen functional groups attached to an aromatic ring is 1. The smallest absolute Gasteiger partial charge is 0.125 e. The van der Waals surface area contributed by atoms with Gasteiger partial charge in [0, 0.05) is 23.6 Å². The van der Waals surface area contributed by atoms with Gasteiger partial charge in [-0.25, -0.2) is 0 Å². The van der Waals surface area contributed by atoms with Crippen LogP contribution in [-0.4, -0.2) is 9.78 Å². The zero-order valence-corrected chi connectivity index (χ0v) is 11.7. The largest absolute Gasteiger partial charge is 0.384 e. The maximum absolute atomic E-state index is 6.03. The van der Waals surface area contributed by atoms with E-state index < -0.39 is 0 Å². The Morgan fingerprint density at radius 2 is 2.31 bits per heavy atom. The van der Waals surface area contributed by atoms with E-state index in [4.69, 9.17) is 5.73 Å². The summed E-state index contributed by atoms with van der Waals surface area (Å²) in [6.07, 6.45) is 2.05. The lowest BCUT2D eigenvalue weighted by atomic mass is 10.1. The number of nitrogens with two attached hydrogens (primary N) is 1. The molecule has 0 amide bonds. The first kappa shape index (κ1) is 11.7. The normalized spacial score (nSPS) is 10.9. The minimum Gasteiger partial charge on any atom is -0.384 e. The third kappa shape index (κ3) is 2.01. The van der Waals surface area contributed by atoms with Gasteiger partial charge in [0.15, 0.2) is 0 Å². The summed E-state index contributed by atoms with van der Waals surface area (Å²) in [6.45, 7) is 2.15. The number of hydrogen-bond acceptors (Lipinski definition) is 3. The van der Waals surface area contributed by atoms with Gasteiger partial charge in [0.1, 0.15) is 5.82 Å². The molecule has 0 bridgehead atoms. The van der Waals surface area contributed by atoms with E-state index in [1.165, 1.54) is 0 Å². The van der Waals surface area contributed by atoms with Crippen LogP contribution in [0.2, 0.25) is 0 Å². The van der Waals surface area contributed by atoms with E-state index in [1.807, 2.05) is 7.05 Å². The average molecular weight is 300 g/mol. The number of nitrogens with zero attached hydrogens (tertiary/aromatic N) is 2. The van der Waals surface area contributed by atoms with Gasteiger partial charge in [0.25, 0.3) is 0 Å². The lowest BCUT2D eigenvalue weighted by Crippen LogP contribution is -1.99. The van der Waals surface area contributed by atoms with E-state index in [1.54, 1.807) is 16.0 Å². The zero-order valence-electron chi connectivity index (χ0n) is 9.33. The first-order valence-electron chi connectivity index (χ1n) is 5.19. The molecule has 86 valence electrons. The Morgan fingerprint density at radius 1 is 1.56 bits per heavy atom. The van der Waals surface area contributed by atoms with E-state index in [-0.39, 0.29) is 0 Å². The quantitative estimate of drug-likeness (QED) is 0.943. The van der Waals surface area contributed by atoms with Crippen molar-refractivity contribution in [1.82, 2.24) is 9.78 Å². The van der Waals surface area contributed by atoms with Crippen molar-refractivity contribution in [3.05, 3.63) is 20.8 Å². The van der Waals surface area contributed by atoms with Gasteiger partial charge in [-0.3, -0.25) is 4.68 Å². The Morgan fingerprint density at radius 3 is 2.88 bits per heavy atom. The van der Waals surface area contributed by atoms with Crippen molar-refractivity contribution < 1.29 is 0 Å². The molecule has 0 saturated carbocycles. The van der Waals surface area contributed by atoms with Crippen molar-refractivity contribution in [1.29, 1.82) is 0 Å². The van der Waals surface area contributed by atoms with Crippen LogP contribution in [0.4, 0.5) is 5.82 Å². The molecule has 0 saturated heterocycles. The fourth-order valence-electron chi connectivity index (χ4n) is 1.74. The standard InChI is InChI=1S/C11H14BrN3S/c1-3-4-8-10(14-15(2)11(8)13)7-5-9(12)16-6-7/h5-6H,3-4,13H2,1-2H3. The molecule has 2 aromatic rings. The van der Waals surface area contributed by atoms with Gasteiger partial charge in [-0.15, -0.1) is 11.3 Å². The summed E-state index contributed by atoms with van der Waals surface area (Å²) < 4.78 is 2.88. The van der Waals surface area contributed by atoms with Gasteiger partial charge in [0.05, 0.1) is 9.48 Å². The van der Waals surface area contributed by atoms with Crippen molar-refractivity contribution in [2.24, 2.45) is 7.05 Å². The van der Waals surface area contributed by atoms with Crippen LogP contribution < -0.4 is 5.73 Å². The van der Waals surface area contributed by atoms with Gasteiger partial charge in [-0.2, -0.15) is 5.10 Å². The lowest BCUT2D eigenvalue weighted by Gasteiger charge is -1.99. The fourth-order valence-corrected chi connectivity index (χ4v) is 2.88.